The van der Waals surface area contributed by atoms with E-state index in [2.05, 4.69) is 0 Å². The standard InChI is InChI=1S/C9H7F3I2O4S/c10-9(11,12)7(4-19(15,16)17)18-8-5(13)2-1-3-6(8)14/h1-3,7H,4H2,(H,15,16,17). The molecule has 0 fully saturated rings. The van der Waals surface area contributed by atoms with Gasteiger partial charge in [0.2, 0.25) is 6.10 Å². The first-order valence-electron chi connectivity index (χ1n) is 4.63. The molecule has 108 valence electrons. The third-order valence-corrected chi connectivity index (χ3v) is 4.33. The highest BCUT2D eigenvalue weighted by Crippen LogP contribution is 2.32. The molecule has 19 heavy (non-hydrogen) atoms. The molecule has 0 aromatic heterocycles. The Morgan fingerprint density at radius 1 is 1.26 bits per heavy atom. The van der Waals surface area contributed by atoms with Gasteiger partial charge in [0, 0.05) is 0 Å². The second kappa shape index (κ2) is 6.30. The molecule has 1 rings (SSSR count). The summed E-state index contributed by atoms with van der Waals surface area (Å²) in [5, 5.41) is 0. The van der Waals surface area contributed by atoms with Crippen molar-refractivity contribution in [2.75, 3.05) is 5.75 Å². The molecular weight excluding hydrogens is 515 g/mol. The highest BCUT2D eigenvalue weighted by Gasteiger charge is 2.45. The van der Waals surface area contributed by atoms with E-state index < -0.39 is 28.2 Å². The zero-order valence-electron chi connectivity index (χ0n) is 8.99. The Morgan fingerprint density at radius 3 is 2.11 bits per heavy atom. The van der Waals surface area contributed by atoms with Crippen LogP contribution in [0.2, 0.25) is 0 Å². The van der Waals surface area contributed by atoms with Crippen LogP contribution < -0.4 is 4.74 Å². The van der Waals surface area contributed by atoms with E-state index in [-0.39, 0.29) is 5.75 Å². The van der Waals surface area contributed by atoms with E-state index in [0.717, 1.165) is 0 Å². The Hall–Kier alpha value is 0.180. The van der Waals surface area contributed by atoms with Crippen molar-refractivity contribution in [1.82, 2.24) is 0 Å². The van der Waals surface area contributed by atoms with Gasteiger partial charge in [-0.2, -0.15) is 21.6 Å². The minimum absolute atomic E-state index is 0.0605. The van der Waals surface area contributed by atoms with Crippen LogP contribution in [0.1, 0.15) is 0 Å². The van der Waals surface area contributed by atoms with E-state index in [9.17, 15) is 21.6 Å². The van der Waals surface area contributed by atoms with Crippen molar-refractivity contribution in [1.29, 1.82) is 0 Å². The third-order valence-electron chi connectivity index (χ3n) is 1.91. The molecular formula is C9H7F3I2O4S. The molecule has 1 atom stereocenters. The molecule has 1 aromatic rings. The van der Waals surface area contributed by atoms with Crippen molar-refractivity contribution in [2.45, 2.75) is 12.3 Å². The molecule has 0 radical (unpaired) electrons. The summed E-state index contributed by atoms with van der Waals surface area (Å²) in [6.45, 7) is 0. The van der Waals surface area contributed by atoms with Crippen molar-refractivity contribution in [3.8, 4) is 5.75 Å². The summed E-state index contributed by atoms with van der Waals surface area (Å²) >= 11 is 3.55. The molecule has 0 heterocycles. The average molecular weight is 522 g/mol. The van der Waals surface area contributed by atoms with Gasteiger partial charge in [-0.1, -0.05) is 6.07 Å². The molecule has 0 saturated carbocycles. The second-order valence-corrected chi connectivity index (χ2v) is 7.27. The SMILES string of the molecule is O=S(=O)(O)CC(Oc1c(I)cccc1I)C(F)(F)F. The van der Waals surface area contributed by atoms with Crippen LogP contribution in [-0.4, -0.2) is 31.0 Å². The number of ether oxygens (including phenoxy) is 1. The Kier molecular flexibility index (Phi) is 5.72. The average Bonchev–Trinajstić information content (AvgIpc) is 2.18. The molecule has 1 N–H and O–H groups in total. The van der Waals surface area contributed by atoms with Crippen LogP contribution >= 0.6 is 45.2 Å². The van der Waals surface area contributed by atoms with Gasteiger partial charge < -0.3 is 4.74 Å². The van der Waals surface area contributed by atoms with Crippen molar-refractivity contribution in [3.05, 3.63) is 25.3 Å². The predicted octanol–water partition coefficient (Wildman–Crippen LogP) is 3.09. The zero-order valence-corrected chi connectivity index (χ0v) is 14.1. The number of hydrogen-bond acceptors (Lipinski definition) is 3. The van der Waals surface area contributed by atoms with Gasteiger partial charge in [-0.05, 0) is 57.3 Å². The summed E-state index contributed by atoms with van der Waals surface area (Å²) in [7, 11) is -4.80. The lowest BCUT2D eigenvalue weighted by atomic mass is 10.3. The van der Waals surface area contributed by atoms with Gasteiger partial charge in [-0.15, -0.1) is 0 Å². The van der Waals surface area contributed by atoms with E-state index in [0.29, 0.717) is 7.14 Å². The number of para-hydroxylation sites is 1. The van der Waals surface area contributed by atoms with Crippen molar-refractivity contribution < 1.29 is 30.9 Å². The van der Waals surface area contributed by atoms with Crippen molar-refractivity contribution >= 4 is 55.3 Å². The maximum absolute atomic E-state index is 12.7. The molecule has 0 aliphatic carbocycles. The van der Waals surface area contributed by atoms with Crippen LogP contribution in [0.3, 0.4) is 0 Å². The molecule has 0 saturated heterocycles. The van der Waals surface area contributed by atoms with Crippen LogP contribution in [-0.2, 0) is 10.1 Å². The van der Waals surface area contributed by atoms with Crippen molar-refractivity contribution in [3.63, 3.8) is 0 Å². The lowest BCUT2D eigenvalue weighted by molar-refractivity contribution is -0.188. The van der Waals surface area contributed by atoms with E-state index in [4.69, 9.17) is 9.29 Å². The molecule has 0 aliphatic rings. The van der Waals surface area contributed by atoms with E-state index in [1.54, 1.807) is 51.2 Å². The van der Waals surface area contributed by atoms with Crippen LogP contribution in [0.4, 0.5) is 13.2 Å². The summed E-state index contributed by atoms with van der Waals surface area (Å²) in [6.07, 6.45) is -7.52. The summed E-state index contributed by atoms with van der Waals surface area (Å²) in [6, 6.07) is 4.68. The first-order chi connectivity index (χ1) is 8.50. The third kappa shape index (κ3) is 5.59. The van der Waals surface area contributed by atoms with Gasteiger partial charge in [-0.3, -0.25) is 4.55 Å². The minimum Gasteiger partial charge on any atom is -0.478 e. The van der Waals surface area contributed by atoms with E-state index in [1.165, 1.54) is 12.1 Å². The maximum atomic E-state index is 12.7. The van der Waals surface area contributed by atoms with Gasteiger partial charge >= 0.3 is 6.18 Å². The topological polar surface area (TPSA) is 63.6 Å². The van der Waals surface area contributed by atoms with Crippen molar-refractivity contribution in [2.24, 2.45) is 0 Å². The molecule has 10 heteroatoms. The smallest absolute Gasteiger partial charge is 0.426 e. The fourth-order valence-electron chi connectivity index (χ4n) is 1.12. The first kappa shape index (κ1) is 17.2. The maximum Gasteiger partial charge on any atom is 0.426 e. The lowest BCUT2D eigenvalue weighted by Gasteiger charge is -2.22. The number of alkyl halides is 3. The van der Waals surface area contributed by atoms with E-state index in [1.807, 2.05) is 0 Å². The highest BCUT2D eigenvalue weighted by atomic mass is 127. The largest absolute Gasteiger partial charge is 0.478 e. The number of halogens is 5. The summed E-state index contributed by atoms with van der Waals surface area (Å²) in [4.78, 5) is 0. The van der Waals surface area contributed by atoms with Crippen LogP contribution in [0.25, 0.3) is 0 Å². The van der Waals surface area contributed by atoms with Gasteiger partial charge in [0.25, 0.3) is 10.1 Å². The summed E-state index contributed by atoms with van der Waals surface area (Å²) < 4.78 is 73.4. The van der Waals surface area contributed by atoms with Gasteiger partial charge in [0.15, 0.2) is 0 Å². The molecule has 4 nitrogen and oxygen atoms in total. The molecule has 1 unspecified atom stereocenters. The van der Waals surface area contributed by atoms with Gasteiger partial charge in [0.05, 0.1) is 7.14 Å². The second-order valence-electron chi connectivity index (χ2n) is 3.45. The fourth-order valence-corrected chi connectivity index (χ4v) is 3.53. The normalized spacial score (nSPS) is 14.2. The van der Waals surface area contributed by atoms with Crippen LogP contribution in [0, 0.1) is 7.14 Å². The number of benzene rings is 1. The Balaban J connectivity index is 3.09. The monoisotopic (exact) mass is 522 g/mol. The van der Waals surface area contributed by atoms with Gasteiger partial charge in [-0.25, -0.2) is 0 Å². The predicted molar refractivity (Wildman–Crippen MR) is 78.8 cm³/mol. The summed E-state index contributed by atoms with van der Waals surface area (Å²) in [5.41, 5.74) is 0. The molecule has 0 spiro atoms. The van der Waals surface area contributed by atoms with Crippen LogP contribution in [0.15, 0.2) is 18.2 Å². The molecule has 1 aromatic carbocycles. The Labute approximate surface area is 134 Å². The number of rotatable bonds is 4. The van der Waals surface area contributed by atoms with E-state index >= 15 is 0 Å². The highest BCUT2D eigenvalue weighted by molar-refractivity contribution is 14.1. The first-order valence-corrected chi connectivity index (χ1v) is 8.40. The van der Waals surface area contributed by atoms with Gasteiger partial charge in [0.1, 0.15) is 11.5 Å². The summed E-state index contributed by atoms with van der Waals surface area (Å²) in [5.74, 6) is -1.60. The Morgan fingerprint density at radius 2 is 1.74 bits per heavy atom. The Bertz CT molecular complexity index is 539. The fraction of sp³-hybridized carbons (Fsp3) is 0.333. The lowest BCUT2D eigenvalue weighted by Crippen LogP contribution is -2.40. The minimum atomic E-state index is -4.90. The zero-order chi connectivity index (χ0) is 14.8. The quantitative estimate of drug-likeness (QED) is 0.488. The molecule has 0 bridgehead atoms. The molecule has 0 amide bonds. The molecule has 0 aliphatic heterocycles. The van der Waals surface area contributed by atoms with Crippen LogP contribution in [0.5, 0.6) is 5.75 Å². The number of hydrogen-bond donors (Lipinski definition) is 1.